The Balaban J connectivity index is 3.25. The summed E-state index contributed by atoms with van der Waals surface area (Å²) in [5.41, 5.74) is -0.00354. The summed E-state index contributed by atoms with van der Waals surface area (Å²) in [5.74, 6) is 1.42. The number of alkyl halides is 1. The fourth-order valence-electron chi connectivity index (χ4n) is 1.27. The molecule has 0 fully saturated rings. The lowest BCUT2D eigenvalue weighted by molar-refractivity contribution is 0.0159. The Bertz CT molecular complexity index is 151. The molecule has 0 aliphatic rings. The Hall–Kier alpha value is 0.210. The first kappa shape index (κ1) is 15.2. The minimum absolute atomic E-state index is 0.00354. The van der Waals surface area contributed by atoms with Gasteiger partial charge in [-0.3, -0.25) is 0 Å². The fraction of sp³-hybridized carbons (Fsp3) is 1.00. The second kappa shape index (κ2) is 8.37. The molecule has 0 aromatic rings. The molecule has 0 saturated carbocycles. The molecule has 0 spiro atoms. The van der Waals surface area contributed by atoms with Gasteiger partial charge in [0.1, 0.15) is 0 Å². The number of methoxy groups -OCH3 is 1. The average Bonchev–Trinajstić information content (AvgIpc) is 2.22. The highest BCUT2D eigenvalue weighted by atomic mass is 35.5. The number of halogens is 1. The van der Waals surface area contributed by atoms with Crippen molar-refractivity contribution in [3.63, 3.8) is 0 Å². The fourth-order valence-corrected chi connectivity index (χ4v) is 1.42. The van der Waals surface area contributed by atoms with Crippen molar-refractivity contribution in [3.05, 3.63) is 0 Å². The van der Waals surface area contributed by atoms with Crippen LogP contribution < -0.4 is 5.32 Å². The number of rotatable bonds is 9. The molecule has 92 valence electrons. The maximum absolute atomic E-state index is 5.73. The van der Waals surface area contributed by atoms with E-state index in [0.29, 0.717) is 5.92 Å². The van der Waals surface area contributed by atoms with Gasteiger partial charge in [-0.2, -0.15) is 0 Å². The number of nitrogens with one attached hydrogen (secondary N) is 1. The van der Waals surface area contributed by atoms with E-state index >= 15 is 0 Å². The molecule has 0 aromatic carbocycles. The van der Waals surface area contributed by atoms with Gasteiger partial charge in [0.15, 0.2) is 0 Å². The lowest BCUT2D eigenvalue weighted by Gasteiger charge is -2.22. The maximum Gasteiger partial charge on any atom is 0.0634 e. The summed E-state index contributed by atoms with van der Waals surface area (Å²) in [5, 5.41) is 3.43. The van der Waals surface area contributed by atoms with Crippen LogP contribution in [0, 0.1) is 5.92 Å². The molecule has 1 atom stereocenters. The molecule has 0 radical (unpaired) electrons. The van der Waals surface area contributed by atoms with Gasteiger partial charge in [-0.05, 0) is 52.1 Å². The zero-order chi connectivity index (χ0) is 11.7. The second-order valence-electron chi connectivity index (χ2n) is 4.87. The van der Waals surface area contributed by atoms with E-state index in [9.17, 15) is 0 Å². The van der Waals surface area contributed by atoms with Gasteiger partial charge in [-0.1, -0.05) is 6.92 Å². The van der Waals surface area contributed by atoms with Crippen molar-refractivity contribution in [2.24, 2.45) is 5.92 Å². The van der Waals surface area contributed by atoms with Crippen LogP contribution in [0.3, 0.4) is 0 Å². The Morgan fingerprint density at radius 1 is 1.33 bits per heavy atom. The smallest absolute Gasteiger partial charge is 0.0634 e. The predicted octanol–water partition coefficient (Wildman–Crippen LogP) is 3.05. The van der Waals surface area contributed by atoms with Gasteiger partial charge in [0, 0.05) is 13.0 Å². The van der Waals surface area contributed by atoms with Crippen molar-refractivity contribution in [2.45, 2.75) is 45.6 Å². The van der Waals surface area contributed by atoms with E-state index in [4.69, 9.17) is 16.3 Å². The Kier molecular flexibility index (Phi) is 8.49. The zero-order valence-electron chi connectivity index (χ0n) is 10.6. The van der Waals surface area contributed by atoms with Gasteiger partial charge in [0.05, 0.1) is 5.60 Å². The summed E-state index contributed by atoms with van der Waals surface area (Å²) >= 11 is 5.73. The van der Waals surface area contributed by atoms with Crippen LogP contribution in [0.4, 0.5) is 0 Å². The van der Waals surface area contributed by atoms with E-state index < -0.39 is 0 Å². The third-order valence-electron chi connectivity index (χ3n) is 2.77. The van der Waals surface area contributed by atoms with Crippen molar-refractivity contribution < 1.29 is 4.74 Å². The van der Waals surface area contributed by atoms with Gasteiger partial charge in [-0.25, -0.2) is 0 Å². The van der Waals surface area contributed by atoms with Gasteiger partial charge < -0.3 is 10.1 Å². The van der Waals surface area contributed by atoms with Crippen LogP contribution in [-0.4, -0.2) is 31.7 Å². The molecular weight excluding hydrogens is 210 g/mol. The molecule has 0 aliphatic carbocycles. The van der Waals surface area contributed by atoms with E-state index in [0.717, 1.165) is 25.4 Å². The summed E-state index contributed by atoms with van der Waals surface area (Å²) in [6, 6.07) is 0. The van der Waals surface area contributed by atoms with E-state index in [1.165, 1.54) is 12.8 Å². The highest BCUT2D eigenvalue weighted by Crippen LogP contribution is 2.11. The first-order valence-corrected chi connectivity index (χ1v) is 6.37. The van der Waals surface area contributed by atoms with E-state index in [1.807, 2.05) is 0 Å². The third kappa shape index (κ3) is 9.16. The van der Waals surface area contributed by atoms with Gasteiger partial charge >= 0.3 is 0 Å². The monoisotopic (exact) mass is 235 g/mol. The van der Waals surface area contributed by atoms with Gasteiger partial charge in [-0.15, -0.1) is 11.6 Å². The Labute approximate surface area is 99.7 Å². The topological polar surface area (TPSA) is 21.3 Å². The second-order valence-corrected chi connectivity index (χ2v) is 5.17. The van der Waals surface area contributed by atoms with Crippen LogP contribution >= 0.6 is 11.6 Å². The first-order chi connectivity index (χ1) is 7.02. The van der Waals surface area contributed by atoms with Crippen LogP contribution in [0.2, 0.25) is 0 Å². The zero-order valence-corrected chi connectivity index (χ0v) is 11.4. The van der Waals surface area contributed by atoms with Crippen LogP contribution in [0.5, 0.6) is 0 Å². The van der Waals surface area contributed by atoms with E-state index in [-0.39, 0.29) is 5.60 Å². The van der Waals surface area contributed by atoms with E-state index in [1.54, 1.807) is 7.11 Å². The normalized spacial score (nSPS) is 14.2. The Morgan fingerprint density at radius 2 is 2.00 bits per heavy atom. The quantitative estimate of drug-likeness (QED) is 0.490. The molecule has 0 heterocycles. The summed E-state index contributed by atoms with van der Waals surface area (Å²) in [6.45, 7) is 8.53. The minimum Gasteiger partial charge on any atom is -0.379 e. The molecule has 3 heteroatoms. The summed E-state index contributed by atoms with van der Waals surface area (Å²) < 4.78 is 5.34. The van der Waals surface area contributed by atoms with Crippen LogP contribution in [0.25, 0.3) is 0 Å². The van der Waals surface area contributed by atoms with Crippen molar-refractivity contribution in [2.75, 3.05) is 26.1 Å². The molecule has 1 N–H and O–H groups in total. The van der Waals surface area contributed by atoms with Crippen molar-refractivity contribution >= 4 is 11.6 Å². The van der Waals surface area contributed by atoms with E-state index in [2.05, 4.69) is 26.1 Å². The van der Waals surface area contributed by atoms with Gasteiger partial charge in [0.2, 0.25) is 0 Å². The molecule has 0 saturated heterocycles. The number of ether oxygens (including phenoxy) is 1. The molecule has 1 unspecified atom stereocenters. The highest BCUT2D eigenvalue weighted by Gasteiger charge is 2.14. The number of hydrogen-bond acceptors (Lipinski definition) is 2. The summed E-state index contributed by atoms with van der Waals surface area (Å²) in [4.78, 5) is 0. The van der Waals surface area contributed by atoms with Crippen molar-refractivity contribution in [1.29, 1.82) is 0 Å². The predicted molar refractivity (Wildman–Crippen MR) is 67.7 cm³/mol. The minimum atomic E-state index is -0.00354. The molecule has 0 aliphatic heterocycles. The standard InChI is InChI=1S/C12H26ClNO/c1-11(10-13)6-5-8-14-9-7-12(2,3)15-4/h11,14H,5-10H2,1-4H3. The molecule has 2 nitrogen and oxygen atoms in total. The molecule has 0 rings (SSSR count). The average molecular weight is 236 g/mol. The molecular formula is C12H26ClNO. The lowest BCUT2D eigenvalue weighted by Crippen LogP contribution is -2.29. The molecule has 15 heavy (non-hydrogen) atoms. The van der Waals surface area contributed by atoms with Gasteiger partial charge in [0.25, 0.3) is 0 Å². The highest BCUT2D eigenvalue weighted by molar-refractivity contribution is 6.18. The van der Waals surface area contributed by atoms with Crippen LogP contribution in [-0.2, 0) is 4.74 Å². The molecule has 0 bridgehead atoms. The number of hydrogen-bond donors (Lipinski definition) is 1. The maximum atomic E-state index is 5.73. The molecule has 0 amide bonds. The largest absolute Gasteiger partial charge is 0.379 e. The first-order valence-electron chi connectivity index (χ1n) is 5.83. The third-order valence-corrected chi connectivity index (χ3v) is 3.30. The Morgan fingerprint density at radius 3 is 2.53 bits per heavy atom. The SMILES string of the molecule is COC(C)(C)CCNCCCC(C)CCl. The van der Waals surface area contributed by atoms with Crippen LogP contribution in [0.1, 0.15) is 40.0 Å². The summed E-state index contributed by atoms with van der Waals surface area (Å²) in [7, 11) is 1.77. The van der Waals surface area contributed by atoms with Crippen LogP contribution in [0.15, 0.2) is 0 Å². The summed E-state index contributed by atoms with van der Waals surface area (Å²) in [6.07, 6.45) is 3.47. The lowest BCUT2D eigenvalue weighted by atomic mass is 10.1. The van der Waals surface area contributed by atoms with Crippen molar-refractivity contribution in [3.8, 4) is 0 Å². The van der Waals surface area contributed by atoms with Crippen molar-refractivity contribution in [1.82, 2.24) is 5.32 Å². The molecule has 0 aromatic heterocycles.